The predicted molar refractivity (Wildman–Crippen MR) is 97.1 cm³/mol. The molecule has 1 aliphatic heterocycles. The Bertz CT molecular complexity index is 927. The van der Waals surface area contributed by atoms with Crippen LogP contribution in [0.25, 0.3) is 5.69 Å². The maximum absolute atomic E-state index is 6.42. The van der Waals surface area contributed by atoms with E-state index in [2.05, 4.69) is 21.7 Å². The second kappa shape index (κ2) is 6.23. The lowest BCUT2D eigenvalue weighted by Crippen LogP contribution is -2.12. The molecule has 0 saturated heterocycles. The van der Waals surface area contributed by atoms with Gasteiger partial charge in [0.25, 0.3) is 0 Å². The van der Waals surface area contributed by atoms with Gasteiger partial charge in [0.2, 0.25) is 0 Å². The van der Waals surface area contributed by atoms with E-state index in [1.54, 1.807) is 0 Å². The van der Waals surface area contributed by atoms with E-state index >= 15 is 0 Å². The summed E-state index contributed by atoms with van der Waals surface area (Å²) in [7, 11) is 0. The van der Waals surface area contributed by atoms with E-state index in [-0.39, 0.29) is 0 Å². The fraction of sp³-hybridized carbons (Fsp3) is 0.158. The summed E-state index contributed by atoms with van der Waals surface area (Å²) in [6.45, 7) is 1.10. The van der Waals surface area contributed by atoms with Crippen molar-refractivity contribution in [3.8, 4) is 5.69 Å². The van der Waals surface area contributed by atoms with Crippen LogP contribution in [0.15, 0.2) is 59.7 Å². The van der Waals surface area contributed by atoms with Crippen LogP contribution >= 0.6 is 11.6 Å². The fourth-order valence-corrected chi connectivity index (χ4v) is 3.37. The van der Waals surface area contributed by atoms with Crippen LogP contribution in [0.4, 0.5) is 0 Å². The van der Waals surface area contributed by atoms with Gasteiger partial charge in [-0.2, -0.15) is 0 Å². The van der Waals surface area contributed by atoms with Crippen LogP contribution in [0.1, 0.15) is 22.6 Å². The standard InChI is InChI=1S/C19H17ClN4/c20-16-7-3-1-5-14(16)19-15-6-2-4-8-17(15)24-13(9-10-21)11-22-18(24)12-23-19/h1-8,11H,9-10,12,21H2. The molecule has 0 unspecified atom stereocenters. The van der Waals surface area contributed by atoms with Crippen molar-refractivity contribution in [1.82, 2.24) is 9.55 Å². The normalized spacial score (nSPS) is 13.0. The molecule has 0 amide bonds. The highest BCUT2D eigenvalue weighted by atomic mass is 35.5. The van der Waals surface area contributed by atoms with Crippen molar-refractivity contribution in [3.63, 3.8) is 0 Å². The molecule has 0 fully saturated rings. The number of para-hydroxylation sites is 1. The molecule has 1 aliphatic rings. The number of imidazole rings is 1. The summed E-state index contributed by atoms with van der Waals surface area (Å²) in [5.41, 5.74) is 10.8. The van der Waals surface area contributed by atoms with Crippen LogP contribution in [-0.4, -0.2) is 21.8 Å². The minimum absolute atomic E-state index is 0.514. The van der Waals surface area contributed by atoms with Gasteiger partial charge < -0.3 is 5.73 Å². The number of fused-ring (bicyclic) bond motifs is 3. The van der Waals surface area contributed by atoms with Gasteiger partial charge in [-0.1, -0.05) is 48.0 Å². The van der Waals surface area contributed by atoms with Crippen LogP contribution in [-0.2, 0) is 13.0 Å². The average molecular weight is 337 g/mol. The summed E-state index contributed by atoms with van der Waals surface area (Å²) in [5, 5.41) is 0.702. The molecule has 4 nitrogen and oxygen atoms in total. The van der Waals surface area contributed by atoms with Crippen molar-refractivity contribution in [2.45, 2.75) is 13.0 Å². The Morgan fingerprint density at radius 2 is 1.79 bits per heavy atom. The van der Waals surface area contributed by atoms with Crippen molar-refractivity contribution in [2.24, 2.45) is 10.7 Å². The largest absolute Gasteiger partial charge is 0.330 e. The van der Waals surface area contributed by atoms with Gasteiger partial charge in [0, 0.05) is 34.5 Å². The van der Waals surface area contributed by atoms with Crippen LogP contribution in [0.5, 0.6) is 0 Å². The second-order valence-electron chi connectivity index (χ2n) is 5.70. The Labute approximate surface area is 145 Å². The molecule has 120 valence electrons. The monoisotopic (exact) mass is 336 g/mol. The summed E-state index contributed by atoms with van der Waals surface area (Å²) in [5.74, 6) is 0.924. The molecule has 0 atom stereocenters. The van der Waals surface area contributed by atoms with E-state index in [1.165, 1.54) is 0 Å². The molecule has 0 bridgehead atoms. The average Bonchev–Trinajstić information content (AvgIpc) is 2.92. The highest BCUT2D eigenvalue weighted by Gasteiger charge is 2.22. The Balaban J connectivity index is 1.95. The first-order valence-electron chi connectivity index (χ1n) is 7.94. The summed E-state index contributed by atoms with van der Waals surface area (Å²) < 4.78 is 2.18. The second-order valence-corrected chi connectivity index (χ2v) is 6.11. The van der Waals surface area contributed by atoms with Gasteiger partial charge in [-0.25, -0.2) is 4.98 Å². The minimum atomic E-state index is 0.514. The number of hydrogen-bond donors (Lipinski definition) is 1. The Morgan fingerprint density at radius 3 is 2.58 bits per heavy atom. The van der Waals surface area contributed by atoms with E-state index in [0.29, 0.717) is 18.1 Å². The Kier molecular flexibility index (Phi) is 3.92. The van der Waals surface area contributed by atoms with E-state index in [1.807, 2.05) is 42.6 Å². The smallest absolute Gasteiger partial charge is 0.135 e. The molecule has 2 aromatic carbocycles. The first-order valence-corrected chi connectivity index (χ1v) is 8.32. The highest BCUT2D eigenvalue weighted by molar-refractivity contribution is 6.35. The molecule has 1 aromatic heterocycles. The number of benzene rings is 2. The molecule has 2 heterocycles. The topological polar surface area (TPSA) is 56.2 Å². The minimum Gasteiger partial charge on any atom is -0.330 e. The van der Waals surface area contributed by atoms with Gasteiger partial charge in [0.05, 0.1) is 17.9 Å². The first-order chi connectivity index (χ1) is 11.8. The highest BCUT2D eigenvalue weighted by Crippen LogP contribution is 2.28. The predicted octanol–water partition coefficient (Wildman–Crippen LogP) is 3.38. The van der Waals surface area contributed by atoms with Crippen molar-refractivity contribution in [3.05, 3.63) is 82.4 Å². The zero-order chi connectivity index (χ0) is 16.5. The van der Waals surface area contributed by atoms with Gasteiger partial charge in [-0.3, -0.25) is 9.56 Å². The van der Waals surface area contributed by atoms with Crippen LogP contribution in [0, 0.1) is 0 Å². The lowest BCUT2D eigenvalue weighted by Gasteiger charge is -2.14. The van der Waals surface area contributed by atoms with Crippen molar-refractivity contribution >= 4 is 17.3 Å². The molecule has 0 aliphatic carbocycles. The zero-order valence-electron chi connectivity index (χ0n) is 13.1. The maximum Gasteiger partial charge on any atom is 0.135 e. The molecule has 0 saturated carbocycles. The molecule has 5 heteroatoms. The van der Waals surface area contributed by atoms with Crippen LogP contribution in [0.2, 0.25) is 5.02 Å². The third-order valence-electron chi connectivity index (χ3n) is 4.22. The van der Waals surface area contributed by atoms with Crippen molar-refractivity contribution in [1.29, 1.82) is 0 Å². The van der Waals surface area contributed by atoms with Gasteiger partial charge >= 0.3 is 0 Å². The summed E-state index contributed by atoms with van der Waals surface area (Å²) >= 11 is 6.42. The number of nitrogens with two attached hydrogens (primary N) is 1. The van der Waals surface area contributed by atoms with Gasteiger partial charge in [-0.05, 0) is 18.7 Å². The van der Waals surface area contributed by atoms with Crippen molar-refractivity contribution in [2.75, 3.05) is 6.54 Å². The molecular weight excluding hydrogens is 320 g/mol. The number of halogens is 1. The maximum atomic E-state index is 6.42. The molecular formula is C19H17ClN4. The van der Waals surface area contributed by atoms with E-state index in [4.69, 9.17) is 22.3 Å². The number of aromatic nitrogens is 2. The number of hydrogen-bond acceptors (Lipinski definition) is 3. The quantitative estimate of drug-likeness (QED) is 0.797. The third kappa shape index (κ3) is 2.44. The molecule has 4 rings (SSSR count). The first kappa shape index (κ1) is 15.1. The summed E-state index contributed by atoms with van der Waals surface area (Å²) in [6.07, 6.45) is 2.68. The third-order valence-corrected chi connectivity index (χ3v) is 4.55. The van der Waals surface area contributed by atoms with Gasteiger partial charge in [0.15, 0.2) is 0 Å². The summed E-state index contributed by atoms with van der Waals surface area (Å²) in [4.78, 5) is 9.38. The molecule has 2 N–H and O–H groups in total. The Hall–Kier alpha value is -2.43. The lowest BCUT2D eigenvalue weighted by atomic mass is 10.0. The zero-order valence-corrected chi connectivity index (χ0v) is 13.9. The van der Waals surface area contributed by atoms with Gasteiger partial charge in [-0.15, -0.1) is 0 Å². The van der Waals surface area contributed by atoms with Crippen molar-refractivity contribution < 1.29 is 0 Å². The molecule has 0 radical (unpaired) electrons. The van der Waals surface area contributed by atoms with E-state index in [0.717, 1.165) is 40.5 Å². The summed E-state index contributed by atoms with van der Waals surface area (Å²) in [6, 6.07) is 16.0. The fourth-order valence-electron chi connectivity index (χ4n) is 3.15. The number of rotatable bonds is 3. The van der Waals surface area contributed by atoms with Gasteiger partial charge in [0.1, 0.15) is 5.82 Å². The Morgan fingerprint density at radius 1 is 1.04 bits per heavy atom. The van der Waals surface area contributed by atoms with Crippen LogP contribution < -0.4 is 5.73 Å². The molecule has 0 spiro atoms. The number of nitrogens with zero attached hydrogens (tertiary/aromatic N) is 3. The van der Waals surface area contributed by atoms with E-state index in [9.17, 15) is 0 Å². The van der Waals surface area contributed by atoms with E-state index < -0.39 is 0 Å². The lowest BCUT2D eigenvalue weighted by molar-refractivity contribution is 0.820. The van der Waals surface area contributed by atoms with Crippen LogP contribution in [0.3, 0.4) is 0 Å². The number of aliphatic imine (C=N–C) groups is 1. The molecule has 3 aromatic rings. The SMILES string of the molecule is NCCc1cnc2n1-c1ccccc1C(c1ccccc1Cl)=NC2. The molecule has 24 heavy (non-hydrogen) atoms.